The van der Waals surface area contributed by atoms with Crippen molar-refractivity contribution in [3.05, 3.63) is 72.7 Å². The van der Waals surface area contributed by atoms with Crippen LogP contribution >= 0.6 is 0 Å². The van der Waals surface area contributed by atoms with Gasteiger partial charge in [0.15, 0.2) is 0 Å². The average Bonchev–Trinajstić information content (AvgIpc) is 3.52. The standard InChI is InChI=1S/C26H24FN7O/c1-6-23(35)30-22-9-16(8-21(27)14(22)2)24-19-7-17(20-13-34(5)32-15(20)3)10-28-26(19)31-25(24)18-11-29-33(4)12-18/h6-13H,1H2,2-5H3,(H,28,31)(H,30,35). The van der Waals surface area contributed by atoms with Crippen molar-refractivity contribution in [2.75, 3.05) is 5.32 Å². The molecule has 0 aliphatic carbocycles. The Labute approximate surface area is 201 Å². The van der Waals surface area contributed by atoms with Gasteiger partial charge in [-0.15, -0.1) is 0 Å². The summed E-state index contributed by atoms with van der Waals surface area (Å²) in [5, 5.41) is 12.3. The fraction of sp³-hybridized carbons (Fsp3) is 0.154. The lowest BCUT2D eigenvalue weighted by Gasteiger charge is -2.12. The minimum Gasteiger partial charge on any atom is -0.339 e. The zero-order chi connectivity index (χ0) is 24.9. The lowest BCUT2D eigenvalue weighted by Crippen LogP contribution is -2.09. The van der Waals surface area contributed by atoms with Gasteiger partial charge in [0, 0.05) is 71.6 Å². The monoisotopic (exact) mass is 469 g/mol. The van der Waals surface area contributed by atoms with Crippen molar-refractivity contribution in [3.63, 3.8) is 0 Å². The maximum Gasteiger partial charge on any atom is 0.247 e. The van der Waals surface area contributed by atoms with Crippen LogP contribution in [0, 0.1) is 19.7 Å². The second kappa shape index (κ2) is 8.35. The smallest absolute Gasteiger partial charge is 0.247 e. The molecule has 5 aromatic rings. The number of anilines is 1. The number of nitrogens with zero attached hydrogens (tertiary/aromatic N) is 5. The van der Waals surface area contributed by atoms with Gasteiger partial charge in [0.1, 0.15) is 11.5 Å². The summed E-state index contributed by atoms with van der Waals surface area (Å²) in [5.74, 6) is -0.840. The molecule has 0 fully saturated rings. The maximum atomic E-state index is 15.1. The van der Waals surface area contributed by atoms with E-state index in [1.165, 1.54) is 6.07 Å². The van der Waals surface area contributed by atoms with Gasteiger partial charge < -0.3 is 10.3 Å². The number of nitrogens with one attached hydrogen (secondary N) is 2. The van der Waals surface area contributed by atoms with Crippen molar-refractivity contribution in [1.29, 1.82) is 0 Å². The highest BCUT2D eigenvalue weighted by Gasteiger charge is 2.21. The van der Waals surface area contributed by atoms with Crippen LogP contribution < -0.4 is 5.32 Å². The van der Waals surface area contributed by atoms with Gasteiger partial charge in [-0.1, -0.05) is 6.58 Å². The first-order valence-corrected chi connectivity index (χ1v) is 11.0. The molecular weight excluding hydrogens is 445 g/mol. The topological polar surface area (TPSA) is 93.4 Å². The van der Waals surface area contributed by atoms with Crippen molar-refractivity contribution < 1.29 is 9.18 Å². The second-order valence-corrected chi connectivity index (χ2v) is 8.52. The molecule has 0 bridgehead atoms. The van der Waals surface area contributed by atoms with E-state index < -0.39 is 11.7 Å². The number of amides is 1. The molecule has 2 N–H and O–H groups in total. The normalized spacial score (nSPS) is 11.2. The molecule has 0 saturated heterocycles. The van der Waals surface area contributed by atoms with Crippen molar-refractivity contribution in [2.45, 2.75) is 13.8 Å². The molecule has 0 saturated carbocycles. The van der Waals surface area contributed by atoms with E-state index in [2.05, 4.69) is 32.1 Å². The Bertz CT molecular complexity index is 1620. The van der Waals surface area contributed by atoms with Gasteiger partial charge in [-0.3, -0.25) is 14.2 Å². The van der Waals surface area contributed by atoms with Crippen molar-refractivity contribution >= 4 is 22.6 Å². The Morgan fingerprint density at radius 1 is 1.09 bits per heavy atom. The molecule has 1 amide bonds. The summed E-state index contributed by atoms with van der Waals surface area (Å²) in [6.45, 7) is 7.06. The first kappa shape index (κ1) is 22.3. The molecule has 4 aromatic heterocycles. The highest BCUT2D eigenvalue weighted by Crippen LogP contribution is 2.41. The molecule has 35 heavy (non-hydrogen) atoms. The zero-order valence-electron chi connectivity index (χ0n) is 19.8. The van der Waals surface area contributed by atoms with E-state index in [9.17, 15) is 4.79 Å². The van der Waals surface area contributed by atoms with Gasteiger partial charge in [-0.05, 0) is 43.7 Å². The van der Waals surface area contributed by atoms with Crippen LogP contribution in [0.2, 0.25) is 0 Å². The molecule has 4 heterocycles. The number of pyridine rings is 1. The summed E-state index contributed by atoms with van der Waals surface area (Å²) in [5.41, 5.74) is 7.06. The summed E-state index contributed by atoms with van der Waals surface area (Å²) in [7, 11) is 3.71. The number of aromatic nitrogens is 6. The van der Waals surface area contributed by atoms with Gasteiger partial charge >= 0.3 is 0 Å². The Hall–Kier alpha value is -4.53. The van der Waals surface area contributed by atoms with Gasteiger partial charge in [0.05, 0.1) is 17.6 Å². The highest BCUT2D eigenvalue weighted by atomic mass is 19.1. The number of aryl methyl sites for hydroxylation is 3. The predicted octanol–water partition coefficient (Wildman–Crippen LogP) is 4.91. The third kappa shape index (κ3) is 3.90. The Morgan fingerprint density at radius 3 is 2.54 bits per heavy atom. The van der Waals surface area contributed by atoms with Crippen LogP contribution in [0.1, 0.15) is 11.3 Å². The van der Waals surface area contributed by atoms with E-state index >= 15 is 4.39 Å². The molecule has 0 aliphatic heterocycles. The van der Waals surface area contributed by atoms with Crippen molar-refractivity contribution in [2.24, 2.45) is 14.1 Å². The minimum absolute atomic E-state index is 0.344. The lowest BCUT2D eigenvalue weighted by molar-refractivity contribution is -0.111. The molecule has 176 valence electrons. The fourth-order valence-electron chi connectivity index (χ4n) is 4.30. The molecule has 8 nitrogen and oxygen atoms in total. The lowest BCUT2D eigenvalue weighted by atomic mass is 9.96. The molecule has 5 rings (SSSR count). The number of fused-ring (bicyclic) bond motifs is 1. The summed E-state index contributed by atoms with van der Waals surface area (Å²) in [6.07, 6.45) is 8.52. The van der Waals surface area contributed by atoms with Crippen LogP contribution in [-0.4, -0.2) is 35.4 Å². The zero-order valence-corrected chi connectivity index (χ0v) is 19.8. The fourth-order valence-corrected chi connectivity index (χ4v) is 4.30. The molecule has 0 radical (unpaired) electrons. The number of benzene rings is 1. The summed E-state index contributed by atoms with van der Waals surface area (Å²) in [4.78, 5) is 20.1. The van der Waals surface area contributed by atoms with Crippen LogP contribution in [-0.2, 0) is 18.9 Å². The minimum atomic E-state index is -0.430. The number of H-pyrrole nitrogens is 1. The molecule has 9 heteroatoms. The van der Waals surface area contributed by atoms with Gasteiger partial charge in [-0.25, -0.2) is 9.37 Å². The number of hydrogen-bond acceptors (Lipinski definition) is 4. The van der Waals surface area contributed by atoms with E-state index in [0.717, 1.165) is 45.1 Å². The quantitative estimate of drug-likeness (QED) is 0.358. The molecule has 0 atom stereocenters. The van der Waals surface area contributed by atoms with Gasteiger partial charge in [-0.2, -0.15) is 10.2 Å². The first-order valence-electron chi connectivity index (χ1n) is 11.0. The number of rotatable bonds is 5. The predicted molar refractivity (Wildman–Crippen MR) is 134 cm³/mol. The van der Waals surface area contributed by atoms with E-state index in [1.807, 2.05) is 39.5 Å². The van der Waals surface area contributed by atoms with Crippen LogP contribution in [0.4, 0.5) is 10.1 Å². The molecule has 0 unspecified atom stereocenters. The molecule has 0 aliphatic rings. The van der Waals surface area contributed by atoms with Crippen LogP contribution in [0.3, 0.4) is 0 Å². The summed E-state index contributed by atoms with van der Waals surface area (Å²) in [6, 6.07) is 5.27. The first-order chi connectivity index (χ1) is 16.7. The number of hydrogen-bond donors (Lipinski definition) is 2. The van der Waals surface area contributed by atoms with Crippen LogP contribution in [0.15, 0.2) is 55.6 Å². The largest absolute Gasteiger partial charge is 0.339 e. The molecular formula is C26H24FN7O. The molecule has 0 spiro atoms. The third-order valence-corrected chi connectivity index (χ3v) is 6.04. The van der Waals surface area contributed by atoms with E-state index in [1.54, 1.807) is 34.7 Å². The highest BCUT2D eigenvalue weighted by molar-refractivity contribution is 6.05. The number of carbonyl (C=O) groups is 1. The number of aromatic amines is 1. The second-order valence-electron chi connectivity index (χ2n) is 8.52. The van der Waals surface area contributed by atoms with E-state index in [0.29, 0.717) is 22.5 Å². The maximum absolute atomic E-state index is 15.1. The van der Waals surface area contributed by atoms with Crippen LogP contribution in [0.25, 0.3) is 44.5 Å². The van der Waals surface area contributed by atoms with Crippen molar-refractivity contribution in [1.82, 2.24) is 29.5 Å². The summed E-state index contributed by atoms with van der Waals surface area (Å²) < 4.78 is 18.6. The van der Waals surface area contributed by atoms with Crippen LogP contribution in [0.5, 0.6) is 0 Å². The third-order valence-electron chi connectivity index (χ3n) is 6.04. The van der Waals surface area contributed by atoms with Gasteiger partial charge in [0.25, 0.3) is 0 Å². The number of carbonyl (C=O) groups excluding carboxylic acids is 1. The Morgan fingerprint density at radius 2 is 1.89 bits per heavy atom. The SMILES string of the molecule is C=CC(=O)Nc1cc(-c2c(-c3cnn(C)c3)[nH]c3ncc(-c4cn(C)nc4C)cc23)cc(F)c1C. The van der Waals surface area contributed by atoms with Crippen molar-refractivity contribution in [3.8, 4) is 33.5 Å². The number of halogens is 1. The molecule has 1 aromatic carbocycles. The summed E-state index contributed by atoms with van der Waals surface area (Å²) >= 11 is 0. The van der Waals surface area contributed by atoms with Gasteiger partial charge in [0.2, 0.25) is 5.91 Å². The average molecular weight is 470 g/mol. The van der Waals surface area contributed by atoms with E-state index in [4.69, 9.17) is 0 Å². The Kier molecular flexibility index (Phi) is 5.32. The Balaban J connectivity index is 1.79. The van der Waals surface area contributed by atoms with E-state index in [-0.39, 0.29) is 0 Å².